The van der Waals surface area contributed by atoms with Crippen LogP contribution in [0.25, 0.3) is 10.1 Å². The predicted octanol–water partition coefficient (Wildman–Crippen LogP) is 2.59. The first kappa shape index (κ1) is 7.18. The number of pyridine rings is 1. The van der Waals surface area contributed by atoms with E-state index in [0.29, 0.717) is 0 Å². The molecule has 2 nitrogen and oxygen atoms in total. The molecule has 0 saturated carbocycles. The minimum absolute atomic E-state index is 0.794. The normalized spacial score (nSPS) is 10.6. The molecule has 0 fully saturated rings. The lowest BCUT2D eigenvalue weighted by molar-refractivity contribution is 1.22. The van der Waals surface area contributed by atoms with Gasteiger partial charge in [0.25, 0.3) is 0 Å². The summed E-state index contributed by atoms with van der Waals surface area (Å²) in [6.07, 6.45) is 3.68. The summed E-state index contributed by atoms with van der Waals surface area (Å²) < 4.78 is 5.29. The molecule has 56 valence electrons. The third-order valence-corrected chi connectivity index (χ3v) is 2.79. The molecule has 0 aliphatic carbocycles. The van der Waals surface area contributed by atoms with Crippen molar-refractivity contribution in [3.8, 4) is 0 Å². The van der Waals surface area contributed by atoms with Crippen LogP contribution in [0.15, 0.2) is 18.5 Å². The molecule has 0 atom stereocenters. The molecule has 0 spiro atoms. The third kappa shape index (κ3) is 1.16. The van der Waals surface area contributed by atoms with Crippen molar-refractivity contribution in [2.24, 2.45) is 0 Å². The molecule has 2 aromatic rings. The van der Waals surface area contributed by atoms with E-state index in [2.05, 4.69) is 25.3 Å². The number of aromatic nitrogens is 2. The highest BCUT2D eigenvalue weighted by molar-refractivity contribution is 9.08. The fraction of sp³-hybridized carbons (Fsp3) is 0.143. The van der Waals surface area contributed by atoms with E-state index in [-0.39, 0.29) is 0 Å². The number of alkyl halides is 1. The molecule has 0 bridgehead atoms. The van der Waals surface area contributed by atoms with Crippen LogP contribution in [0.1, 0.15) is 5.69 Å². The number of fused-ring (bicyclic) bond motifs is 1. The van der Waals surface area contributed by atoms with Gasteiger partial charge < -0.3 is 0 Å². The fourth-order valence-corrected chi connectivity index (χ4v) is 2.07. The van der Waals surface area contributed by atoms with Crippen LogP contribution in [0.2, 0.25) is 0 Å². The lowest BCUT2D eigenvalue weighted by atomic mass is 10.3. The summed E-state index contributed by atoms with van der Waals surface area (Å²) in [6, 6.07) is 1.99. The van der Waals surface area contributed by atoms with Gasteiger partial charge in [-0.2, -0.15) is 4.37 Å². The van der Waals surface area contributed by atoms with Crippen molar-refractivity contribution in [2.75, 3.05) is 0 Å². The maximum absolute atomic E-state index is 4.22. The summed E-state index contributed by atoms with van der Waals surface area (Å²) in [5.41, 5.74) is 1.07. The number of hydrogen-bond donors (Lipinski definition) is 0. The fourth-order valence-electron chi connectivity index (χ4n) is 0.957. The van der Waals surface area contributed by atoms with Crippen molar-refractivity contribution in [1.82, 2.24) is 9.36 Å². The summed E-state index contributed by atoms with van der Waals surface area (Å²) in [5.74, 6) is 0. The first-order valence-corrected chi connectivity index (χ1v) is 5.05. The van der Waals surface area contributed by atoms with Crippen LogP contribution < -0.4 is 0 Å². The van der Waals surface area contributed by atoms with Crippen LogP contribution in [0.4, 0.5) is 0 Å². The Kier molecular flexibility index (Phi) is 1.87. The molecule has 4 heteroatoms. The van der Waals surface area contributed by atoms with E-state index in [1.165, 1.54) is 16.2 Å². The Morgan fingerprint density at radius 1 is 1.55 bits per heavy atom. The van der Waals surface area contributed by atoms with Crippen molar-refractivity contribution in [2.45, 2.75) is 5.33 Å². The second-order valence-electron chi connectivity index (χ2n) is 2.13. The van der Waals surface area contributed by atoms with Gasteiger partial charge in [0.05, 0.1) is 16.6 Å². The Bertz CT molecular complexity index is 371. The molecule has 0 unspecified atom stereocenters. The number of hydrogen-bond acceptors (Lipinski definition) is 3. The van der Waals surface area contributed by atoms with Gasteiger partial charge >= 0.3 is 0 Å². The predicted molar refractivity (Wildman–Crippen MR) is 50.0 cm³/mol. The van der Waals surface area contributed by atoms with E-state index in [4.69, 9.17) is 0 Å². The van der Waals surface area contributed by atoms with Crippen molar-refractivity contribution in [3.63, 3.8) is 0 Å². The molecule has 0 radical (unpaired) electrons. The zero-order chi connectivity index (χ0) is 7.68. The first-order valence-electron chi connectivity index (χ1n) is 3.16. The van der Waals surface area contributed by atoms with Gasteiger partial charge in [-0.05, 0) is 17.6 Å². The summed E-state index contributed by atoms with van der Waals surface area (Å²) in [7, 11) is 0. The van der Waals surface area contributed by atoms with Crippen LogP contribution in [0.5, 0.6) is 0 Å². The third-order valence-electron chi connectivity index (χ3n) is 1.49. The molecule has 0 amide bonds. The topological polar surface area (TPSA) is 25.8 Å². The van der Waals surface area contributed by atoms with E-state index < -0.39 is 0 Å². The second kappa shape index (κ2) is 2.87. The van der Waals surface area contributed by atoms with Gasteiger partial charge in [0.15, 0.2) is 0 Å². The highest BCUT2D eigenvalue weighted by Gasteiger charge is 2.01. The van der Waals surface area contributed by atoms with E-state index in [0.717, 1.165) is 16.4 Å². The van der Waals surface area contributed by atoms with Crippen LogP contribution in [0.3, 0.4) is 0 Å². The molecule has 11 heavy (non-hydrogen) atoms. The van der Waals surface area contributed by atoms with Crippen molar-refractivity contribution >= 4 is 37.5 Å². The van der Waals surface area contributed by atoms with Crippen LogP contribution >= 0.6 is 27.5 Å². The van der Waals surface area contributed by atoms with Crippen LogP contribution in [0, 0.1) is 0 Å². The van der Waals surface area contributed by atoms with E-state index >= 15 is 0 Å². The standard InChI is InChI=1S/C7H5BrN2S/c8-3-6-5-4-10-11-7(5)1-2-9-6/h1-2,4H,3H2. The second-order valence-corrected chi connectivity index (χ2v) is 3.52. The minimum atomic E-state index is 0.794. The van der Waals surface area contributed by atoms with Crippen molar-refractivity contribution < 1.29 is 0 Å². The Labute approximate surface area is 76.6 Å². The summed E-state index contributed by atoms with van der Waals surface area (Å²) in [6.45, 7) is 0. The quantitative estimate of drug-likeness (QED) is 0.702. The number of halogens is 1. The molecule has 0 aromatic carbocycles. The minimum Gasteiger partial charge on any atom is -0.260 e. The highest BCUT2D eigenvalue weighted by Crippen LogP contribution is 2.21. The monoisotopic (exact) mass is 228 g/mol. The summed E-state index contributed by atoms with van der Waals surface area (Å²) in [5, 5.41) is 1.96. The maximum atomic E-state index is 4.22. The Morgan fingerprint density at radius 3 is 3.27 bits per heavy atom. The number of rotatable bonds is 1. The van der Waals surface area contributed by atoms with E-state index in [9.17, 15) is 0 Å². The molecule has 0 N–H and O–H groups in total. The van der Waals surface area contributed by atoms with E-state index in [1.807, 2.05) is 18.5 Å². The van der Waals surface area contributed by atoms with Crippen LogP contribution in [-0.2, 0) is 5.33 Å². The molecule has 0 aliphatic rings. The molecule has 2 heterocycles. The molecule has 2 rings (SSSR count). The van der Waals surface area contributed by atoms with Gasteiger partial charge in [0.1, 0.15) is 0 Å². The summed E-state index contributed by atoms with van der Waals surface area (Å²) in [4.78, 5) is 4.22. The Balaban J connectivity index is 2.79. The zero-order valence-electron chi connectivity index (χ0n) is 5.62. The van der Waals surface area contributed by atoms with Gasteiger partial charge in [-0.3, -0.25) is 4.98 Å². The lowest BCUT2D eigenvalue weighted by Gasteiger charge is -1.93. The van der Waals surface area contributed by atoms with Gasteiger partial charge in [0, 0.05) is 16.9 Å². The van der Waals surface area contributed by atoms with Gasteiger partial charge in [0.2, 0.25) is 0 Å². The molecular weight excluding hydrogens is 224 g/mol. The zero-order valence-corrected chi connectivity index (χ0v) is 8.02. The van der Waals surface area contributed by atoms with Gasteiger partial charge in [-0.25, -0.2) is 0 Å². The van der Waals surface area contributed by atoms with Gasteiger partial charge in [-0.1, -0.05) is 15.9 Å². The largest absolute Gasteiger partial charge is 0.260 e. The molecule has 0 saturated heterocycles. The number of nitrogens with zero attached hydrogens (tertiary/aromatic N) is 2. The summed E-state index contributed by atoms with van der Waals surface area (Å²) >= 11 is 4.88. The highest BCUT2D eigenvalue weighted by atomic mass is 79.9. The van der Waals surface area contributed by atoms with Crippen molar-refractivity contribution in [1.29, 1.82) is 0 Å². The Hall–Kier alpha value is -0.480. The van der Waals surface area contributed by atoms with E-state index in [1.54, 1.807) is 0 Å². The molecular formula is C7H5BrN2S. The average Bonchev–Trinajstić information content (AvgIpc) is 2.50. The average molecular weight is 229 g/mol. The van der Waals surface area contributed by atoms with Crippen LogP contribution in [-0.4, -0.2) is 9.36 Å². The van der Waals surface area contributed by atoms with Crippen molar-refractivity contribution in [3.05, 3.63) is 24.2 Å². The first-order chi connectivity index (χ1) is 5.42. The molecule has 0 aliphatic heterocycles. The maximum Gasteiger partial charge on any atom is 0.0611 e. The molecule has 2 aromatic heterocycles. The SMILES string of the molecule is BrCc1nccc2sncc12. The lowest BCUT2D eigenvalue weighted by Crippen LogP contribution is -1.82. The smallest absolute Gasteiger partial charge is 0.0611 e. The van der Waals surface area contributed by atoms with Gasteiger partial charge in [-0.15, -0.1) is 0 Å². The Morgan fingerprint density at radius 2 is 2.45 bits per heavy atom.